The minimum atomic E-state index is -0.365. The molecular weight excluding hydrogens is 239 g/mol. The second kappa shape index (κ2) is 4.71. The van der Waals surface area contributed by atoms with E-state index < -0.39 is 0 Å². The number of nitrogens with zero attached hydrogens (tertiary/aromatic N) is 1. The smallest absolute Gasteiger partial charge is 0.143 e. The Labute approximate surface area is 103 Å². The summed E-state index contributed by atoms with van der Waals surface area (Å²) in [5.41, 5.74) is 6.95. The highest BCUT2D eigenvalue weighted by Crippen LogP contribution is 2.24. The molecule has 0 spiro atoms. The largest absolute Gasteiger partial charge is 0.484 e. The lowest BCUT2D eigenvalue weighted by molar-refractivity contribution is 0.306. The lowest BCUT2D eigenvalue weighted by Gasteiger charge is -2.06. The molecule has 0 aliphatic carbocycles. The summed E-state index contributed by atoms with van der Waals surface area (Å²) in [6.07, 6.45) is 0. The van der Waals surface area contributed by atoms with Crippen LogP contribution in [0.4, 0.5) is 10.1 Å². The first kappa shape index (κ1) is 11.9. The lowest BCUT2D eigenvalue weighted by atomic mass is 10.3. The maximum Gasteiger partial charge on any atom is 0.143 e. The molecule has 0 amide bonds. The SMILES string of the molecule is Cc1nc(COc2ccc(F)cc2N)sc1C. The fourth-order valence-electron chi connectivity index (χ4n) is 1.39. The van der Waals surface area contributed by atoms with E-state index in [2.05, 4.69) is 4.98 Å². The van der Waals surface area contributed by atoms with Crippen LogP contribution < -0.4 is 10.5 Å². The highest BCUT2D eigenvalue weighted by atomic mass is 32.1. The third-order valence-corrected chi connectivity index (χ3v) is 3.44. The van der Waals surface area contributed by atoms with E-state index in [1.807, 2.05) is 13.8 Å². The highest BCUT2D eigenvalue weighted by molar-refractivity contribution is 7.11. The van der Waals surface area contributed by atoms with Crippen LogP contribution >= 0.6 is 11.3 Å². The zero-order valence-electron chi connectivity index (χ0n) is 9.66. The third kappa shape index (κ3) is 2.74. The van der Waals surface area contributed by atoms with Crippen LogP contribution in [0.25, 0.3) is 0 Å². The number of hydrogen-bond donors (Lipinski definition) is 1. The van der Waals surface area contributed by atoms with E-state index in [-0.39, 0.29) is 5.82 Å². The molecule has 1 aromatic carbocycles. The van der Waals surface area contributed by atoms with Crippen LogP contribution in [0.5, 0.6) is 5.75 Å². The first-order valence-corrected chi connectivity index (χ1v) is 5.98. The van der Waals surface area contributed by atoms with Crippen molar-refractivity contribution in [3.05, 3.63) is 39.6 Å². The molecule has 2 aromatic rings. The molecule has 0 atom stereocenters. The number of ether oxygens (including phenoxy) is 1. The molecule has 0 saturated heterocycles. The number of nitrogens with two attached hydrogens (primary N) is 1. The van der Waals surface area contributed by atoms with E-state index in [9.17, 15) is 4.39 Å². The zero-order chi connectivity index (χ0) is 12.4. The van der Waals surface area contributed by atoms with Crippen LogP contribution in [-0.2, 0) is 6.61 Å². The van der Waals surface area contributed by atoms with Gasteiger partial charge in [0, 0.05) is 10.9 Å². The molecule has 1 heterocycles. The molecule has 3 nitrogen and oxygen atoms in total. The molecule has 0 radical (unpaired) electrons. The van der Waals surface area contributed by atoms with Crippen LogP contribution in [-0.4, -0.2) is 4.98 Å². The van der Waals surface area contributed by atoms with E-state index in [1.54, 1.807) is 11.3 Å². The molecule has 0 saturated carbocycles. The van der Waals surface area contributed by atoms with Gasteiger partial charge < -0.3 is 10.5 Å². The van der Waals surface area contributed by atoms with Crippen molar-refractivity contribution in [2.45, 2.75) is 20.5 Å². The second-order valence-corrected chi connectivity index (χ2v) is 5.01. The van der Waals surface area contributed by atoms with Gasteiger partial charge in [0.15, 0.2) is 0 Å². The topological polar surface area (TPSA) is 48.1 Å². The number of rotatable bonds is 3. The molecule has 17 heavy (non-hydrogen) atoms. The van der Waals surface area contributed by atoms with E-state index in [1.165, 1.54) is 23.1 Å². The number of thiazole rings is 1. The van der Waals surface area contributed by atoms with Gasteiger partial charge in [-0.2, -0.15) is 0 Å². The molecule has 0 aliphatic rings. The van der Waals surface area contributed by atoms with Crippen molar-refractivity contribution in [3.63, 3.8) is 0 Å². The van der Waals surface area contributed by atoms with Crippen molar-refractivity contribution in [1.82, 2.24) is 4.98 Å². The Morgan fingerprint density at radius 2 is 2.18 bits per heavy atom. The van der Waals surface area contributed by atoms with Crippen molar-refractivity contribution in [1.29, 1.82) is 0 Å². The van der Waals surface area contributed by atoms with E-state index in [4.69, 9.17) is 10.5 Å². The average molecular weight is 252 g/mol. The number of aryl methyl sites for hydroxylation is 2. The molecule has 2 rings (SSSR count). The molecule has 0 unspecified atom stereocenters. The van der Waals surface area contributed by atoms with Gasteiger partial charge in [-0.15, -0.1) is 11.3 Å². The number of aromatic nitrogens is 1. The van der Waals surface area contributed by atoms with Crippen LogP contribution in [0.2, 0.25) is 0 Å². The molecule has 2 N–H and O–H groups in total. The molecule has 5 heteroatoms. The second-order valence-electron chi connectivity index (χ2n) is 3.72. The van der Waals surface area contributed by atoms with Gasteiger partial charge in [0.1, 0.15) is 23.2 Å². The fourth-order valence-corrected chi connectivity index (χ4v) is 2.24. The Morgan fingerprint density at radius 1 is 1.41 bits per heavy atom. The Kier molecular flexibility index (Phi) is 3.28. The predicted molar refractivity (Wildman–Crippen MR) is 66.7 cm³/mol. The van der Waals surface area contributed by atoms with Crippen molar-refractivity contribution in [3.8, 4) is 5.75 Å². The van der Waals surface area contributed by atoms with Gasteiger partial charge in [0.25, 0.3) is 0 Å². The predicted octanol–water partition coefficient (Wildman–Crippen LogP) is 3.06. The zero-order valence-corrected chi connectivity index (χ0v) is 10.5. The summed E-state index contributed by atoms with van der Waals surface area (Å²) in [6.45, 7) is 4.33. The summed E-state index contributed by atoms with van der Waals surface area (Å²) in [5, 5.41) is 0.892. The summed E-state index contributed by atoms with van der Waals surface area (Å²) < 4.78 is 18.3. The Hall–Kier alpha value is -1.62. The van der Waals surface area contributed by atoms with Crippen LogP contribution in [0.15, 0.2) is 18.2 Å². The number of benzene rings is 1. The fraction of sp³-hybridized carbons (Fsp3) is 0.250. The molecule has 0 fully saturated rings. The van der Waals surface area contributed by atoms with Gasteiger partial charge in [-0.3, -0.25) is 0 Å². The first-order valence-electron chi connectivity index (χ1n) is 5.17. The first-order chi connectivity index (χ1) is 8.06. The van der Waals surface area contributed by atoms with Crippen molar-refractivity contribution < 1.29 is 9.13 Å². The number of anilines is 1. The maximum absolute atomic E-state index is 12.8. The normalized spacial score (nSPS) is 10.5. The number of hydrogen-bond acceptors (Lipinski definition) is 4. The summed E-state index contributed by atoms with van der Waals surface area (Å²) in [7, 11) is 0. The Bertz CT molecular complexity index is 520. The minimum Gasteiger partial charge on any atom is -0.484 e. The molecule has 0 aliphatic heterocycles. The van der Waals surface area contributed by atoms with Crippen molar-refractivity contribution in [2.24, 2.45) is 0 Å². The lowest BCUT2D eigenvalue weighted by Crippen LogP contribution is -1.98. The van der Waals surface area contributed by atoms with E-state index in [0.717, 1.165) is 10.7 Å². The highest BCUT2D eigenvalue weighted by Gasteiger charge is 2.06. The van der Waals surface area contributed by atoms with E-state index >= 15 is 0 Å². The van der Waals surface area contributed by atoms with Crippen LogP contribution in [0, 0.1) is 19.7 Å². The van der Waals surface area contributed by atoms with Crippen molar-refractivity contribution in [2.75, 3.05) is 5.73 Å². The maximum atomic E-state index is 12.8. The standard InChI is InChI=1S/C12H13FN2OS/c1-7-8(2)17-12(15-7)6-16-11-4-3-9(13)5-10(11)14/h3-5H,6,14H2,1-2H3. The summed E-state index contributed by atoms with van der Waals surface area (Å²) in [4.78, 5) is 5.53. The molecule has 1 aromatic heterocycles. The van der Waals surface area contributed by atoms with Crippen molar-refractivity contribution >= 4 is 17.0 Å². The number of halogens is 1. The van der Waals surface area contributed by atoms with Crippen LogP contribution in [0.1, 0.15) is 15.6 Å². The van der Waals surface area contributed by atoms with Gasteiger partial charge in [0.05, 0.1) is 11.4 Å². The van der Waals surface area contributed by atoms with Gasteiger partial charge in [-0.05, 0) is 26.0 Å². The quantitative estimate of drug-likeness (QED) is 0.854. The monoisotopic (exact) mass is 252 g/mol. The van der Waals surface area contributed by atoms with Gasteiger partial charge in [0.2, 0.25) is 0 Å². The minimum absolute atomic E-state index is 0.301. The van der Waals surface area contributed by atoms with Gasteiger partial charge in [-0.1, -0.05) is 0 Å². The molecular formula is C12H13FN2OS. The number of nitrogen functional groups attached to an aromatic ring is 1. The molecule has 0 bridgehead atoms. The van der Waals surface area contributed by atoms with E-state index in [0.29, 0.717) is 18.0 Å². The Morgan fingerprint density at radius 3 is 2.76 bits per heavy atom. The molecule has 90 valence electrons. The van der Waals surface area contributed by atoms with Gasteiger partial charge >= 0.3 is 0 Å². The summed E-state index contributed by atoms with van der Waals surface area (Å²) in [6, 6.07) is 4.09. The van der Waals surface area contributed by atoms with Crippen LogP contribution in [0.3, 0.4) is 0 Å². The third-order valence-electron chi connectivity index (χ3n) is 2.40. The average Bonchev–Trinajstić information content (AvgIpc) is 2.57. The Balaban J connectivity index is 2.07. The summed E-state index contributed by atoms with van der Waals surface area (Å²) >= 11 is 1.59. The van der Waals surface area contributed by atoms with Gasteiger partial charge in [-0.25, -0.2) is 9.37 Å². The summed E-state index contributed by atoms with van der Waals surface area (Å²) in [5.74, 6) is 0.118.